The number of rotatable bonds is 2. The number of H-pyrrole nitrogens is 1. The van der Waals surface area contributed by atoms with Gasteiger partial charge in [0.2, 0.25) is 0 Å². The van der Waals surface area contributed by atoms with Crippen LogP contribution in [0, 0.1) is 18.7 Å². The molecule has 1 atom stereocenters. The summed E-state index contributed by atoms with van der Waals surface area (Å²) in [5.74, 6) is 0.311. The number of aryl methyl sites for hydroxylation is 1. The molecule has 4 heteroatoms. The summed E-state index contributed by atoms with van der Waals surface area (Å²) in [6, 6.07) is 4.34. The minimum absolute atomic E-state index is 0.0426. The highest BCUT2D eigenvalue weighted by Gasteiger charge is 2.19. The maximum atomic E-state index is 13.4. The Morgan fingerprint density at radius 2 is 2.24 bits per heavy atom. The van der Waals surface area contributed by atoms with Crippen LogP contribution in [-0.2, 0) is 6.54 Å². The second kappa shape index (κ2) is 5.60. The summed E-state index contributed by atoms with van der Waals surface area (Å²) in [7, 11) is 0. The van der Waals surface area contributed by atoms with Gasteiger partial charge < -0.3 is 4.98 Å². The van der Waals surface area contributed by atoms with E-state index in [-0.39, 0.29) is 11.2 Å². The van der Waals surface area contributed by atoms with Crippen molar-refractivity contribution in [3.8, 4) is 0 Å². The van der Waals surface area contributed by atoms with Gasteiger partial charge in [-0.3, -0.25) is 9.69 Å². The second-order valence-corrected chi connectivity index (χ2v) is 6.23. The Morgan fingerprint density at radius 3 is 3.00 bits per heavy atom. The minimum atomic E-state index is -0.366. The molecule has 1 aliphatic heterocycles. The van der Waals surface area contributed by atoms with E-state index in [1.165, 1.54) is 25.0 Å². The van der Waals surface area contributed by atoms with Crippen LogP contribution in [0.1, 0.15) is 31.0 Å². The van der Waals surface area contributed by atoms with E-state index in [1.54, 1.807) is 6.07 Å². The van der Waals surface area contributed by atoms with Crippen molar-refractivity contribution in [1.29, 1.82) is 0 Å². The van der Waals surface area contributed by atoms with Crippen molar-refractivity contribution in [2.45, 2.75) is 33.2 Å². The molecule has 1 aromatic carbocycles. The number of fused-ring (bicyclic) bond motifs is 1. The molecule has 1 fully saturated rings. The number of hydrogen-bond acceptors (Lipinski definition) is 2. The van der Waals surface area contributed by atoms with E-state index in [9.17, 15) is 9.18 Å². The van der Waals surface area contributed by atoms with Crippen molar-refractivity contribution >= 4 is 10.9 Å². The van der Waals surface area contributed by atoms with E-state index in [1.807, 2.05) is 6.92 Å². The summed E-state index contributed by atoms with van der Waals surface area (Å²) in [6.07, 6.45) is 2.44. The summed E-state index contributed by atoms with van der Waals surface area (Å²) in [6.45, 7) is 6.88. The second-order valence-electron chi connectivity index (χ2n) is 6.23. The van der Waals surface area contributed by atoms with Crippen LogP contribution in [-0.4, -0.2) is 23.0 Å². The third-order valence-electron chi connectivity index (χ3n) is 4.40. The van der Waals surface area contributed by atoms with Gasteiger partial charge in [-0.2, -0.15) is 0 Å². The van der Waals surface area contributed by atoms with Gasteiger partial charge in [0.25, 0.3) is 0 Å². The van der Waals surface area contributed by atoms with Gasteiger partial charge in [0.1, 0.15) is 5.82 Å². The lowest BCUT2D eigenvalue weighted by Crippen LogP contribution is -2.35. The van der Waals surface area contributed by atoms with E-state index in [2.05, 4.69) is 16.8 Å². The predicted octanol–water partition coefficient (Wildman–Crippen LogP) is 3.21. The van der Waals surface area contributed by atoms with Crippen molar-refractivity contribution in [2.24, 2.45) is 5.92 Å². The molecule has 1 N–H and O–H groups in total. The van der Waals surface area contributed by atoms with Crippen LogP contribution >= 0.6 is 0 Å². The lowest BCUT2D eigenvalue weighted by Gasteiger charge is -2.31. The Morgan fingerprint density at radius 1 is 1.43 bits per heavy atom. The molecule has 1 aliphatic rings. The fraction of sp³-hybridized carbons (Fsp3) is 0.471. The number of nitrogens with zero attached hydrogens (tertiary/aromatic N) is 1. The quantitative estimate of drug-likeness (QED) is 0.921. The van der Waals surface area contributed by atoms with Crippen LogP contribution in [0.4, 0.5) is 4.39 Å². The average molecular weight is 288 g/mol. The third kappa shape index (κ3) is 2.86. The molecule has 2 aromatic rings. The first-order valence-electron chi connectivity index (χ1n) is 7.58. The van der Waals surface area contributed by atoms with Gasteiger partial charge >= 0.3 is 0 Å². The summed E-state index contributed by atoms with van der Waals surface area (Å²) in [5, 5.41) is 0.445. The normalized spacial score (nSPS) is 20.0. The molecule has 0 radical (unpaired) electrons. The van der Waals surface area contributed by atoms with Crippen LogP contribution in [0.5, 0.6) is 0 Å². The van der Waals surface area contributed by atoms with Crippen molar-refractivity contribution < 1.29 is 4.39 Å². The Bertz CT molecular complexity index is 723. The summed E-state index contributed by atoms with van der Waals surface area (Å²) in [4.78, 5) is 18.2. The van der Waals surface area contributed by atoms with Gasteiger partial charge in [-0.05, 0) is 50.4 Å². The minimum Gasteiger partial charge on any atom is -0.358 e. The molecule has 0 saturated carbocycles. The summed E-state index contributed by atoms with van der Waals surface area (Å²) >= 11 is 0. The molecule has 0 bridgehead atoms. The lowest BCUT2D eigenvalue weighted by atomic mass is 9.99. The van der Waals surface area contributed by atoms with E-state index in [0.29, 0.717) is 23.4 Å². The van der Waals surface area contributed by atoms with Crippen LogP contribution in [0.2, 0.25) is 0 Å². The SMILES string of the molecule is Cc1[nH]c2ccc(F)cc2c(=O)c1CN1CCCC(C)C1. The van der Waals surface area contributed by atoms with Crippen LogP contribution in [0.25, 0.3) is 10.9 Å². The zero-order valence-corrected chi connectivity index (χ0v) is 12.6. The van der Waals surface area contributed by atoms with E-state index in [4.69, 9.17) is 0 Å². The number of nitrogens with one attached hydrogen (secondary N) is 1. The number of likely N-dealkylation sites (tertiary alicyclic amines) is 1. The van der Waals surface area contributed by atoms with E-state index < -0.39 is 0 Å². The fourth-order valence-electron chi connectivity index (χ4n) is 3.27. The predicted molar refractivity (Wildman–Crippen MR) is 82.9 cm³/mol. The van der Waals surface area contributed by atoms with Gasteiger partial charge in [-0.1, -0.05) is 6.92 Å². The average Bonchev–Trinajstić information content (AvgIpc) is 2.45. The zero-order chi connectivity index (χ0) is 15.0. The molecule has 1 saturated heterocycles. The van der Waals surface area contributed by atoms with Gasteiger partial charge in [-0.15, -0.1) is 0 Å². The number of piperidine rings is 1. The number of hydrogen-bond donors (Lipinski definition) is 1. The van der Waals surface area contributed by atoms with Gasteiger partial charge in [0.05, 0.1) is 0 Å². The van der Waals surface area contributed by atoms with Gasteiger partial charge in [0.15, 0.2) is 5.43 Å². The number of pyridine rings is 1. The van der Waals surface area contributed by atoms with Crippen molar-refractivity contribution in [3.05, 3.63) is 45.5 Å². The molecule has 2 heterocycles. The van der Waals surface area contributed by atoms with E-state index in [0.717, 1.165) is 24.3 Å². The Kier molecular flexibility index (Phi) is 3.81. The zero-order valence-electron chi connectivity index (χ0n) is 12.6. The first kappa shape index (κ1) is 14.3. The molecule has 0 amide bonds. The molecule has 112 valence electrons. The maximum Gasteiger partial charge on any atom is 0.194 e. The van der Waals surface area contributed by atoms with Gasteiger partial charge in [-0.25, -0.2) is 4.39 Å². The monoisotopic (exact) mass is 288 g/mol. The number of halogens is 1. The van der Waals surface area contributed by atoms with Gasteiger partial charge in [0, 0.05) is 35.2 Å². The van der Waals surface area contributed by atoms with Crippen LogP contribution < -0.4 is 5.43 Å². The van der Waals surface area contributed by atoms with E-state index >= 15 is 0 Å². The number of aromatic amines is 1. The largest absolute Gasteiger partial charge is 0.358 e. The van der Waals surface area contributed by atoms with Crippen LogP contribution in [0.15, 0.2) is 23.0 Å². The molecular weight excluding hydrogens is 267 g/mol. The lowest BCUT2D eigenvalue weighted by molar-refractivity contribution is 0.176. The maximum absolute atomic E-state index is 13.4. The Labute approximate surface area is 123 Å². The highest BCUT2D eigenvalue weighted by Crippen LogP contribution is 2.19. The highest BCUT2D eigenvalue weighted by atomic mass is 19.1. The summed E-state index contributed by atoms with van der Waals surface area (Å²) < 4.78 is 13.4. The summed E-state index contributed by atoms with van der Waals surface area (Å²) in [5.41, 5.74) is 2.31. The Hall–Kier alpha value is -1.68. The molecule has 21 heavy (non-hydrogen) atoms. The molecule has 3 rings (SSSR count). The van der Waals surface area contributed by atoms with Crippen molar-refractivity contribution in [2.75, 3.05) is 13.1 Å². The molecular formula is C17H21FN2O. The smallest absolute Gasteiger partial charge is 0.194 e. The standard InChI is InChI=1S/C17H21FN2O/c1-11-4-3-7-20(9-11)10-15-12(2)19-16-6-5-13(18)8-14(16)17(15)21/h5-6,8,11H,3-4,7,9-10H2,1-2H3,(H,19,21). The molecule has 0 aliphatic carbocycles. The molecule has 1 unspecified atom stereocenters. The molecule has 3 nitrogen and oxygen atoms in total. The number of benzene rings is 1. The first-order valence-corrected chi connectivity index (χ1v) is 7.58. The first-order chi connectivity index (χ1) is 10.0. The third-order valence-corrected chi connectivity index (χ3v) is 4.40. The number of aromatic nitrogens is 1. The fourth-order valence-corrected chi connectivity index (χ4v) is 3.27. The topological polar surface area (TPSA) is 36.1 Å². The molecule has 1 aromatic heterocycles. The molecule has 0 spiro atoms. The van der Waals surface area contributed by atoms with Crippen molar-refractivity contribution in [1.82, 2.24) is 9.88 Å². The highest BCUT2D eigenvalue weighted by molar-refractivity contribution is 5.79. The van der Waals surface area contributed by atoms with Crippen molar-refractivity contribution in [3.63, 3.8) is 0 Å². The Balaban J connectivity index is 2.00. The van der Waals surface area contributed by atoms with Crippen LogP contribution in [0.3, 0.4) is 0 Å².